The number of allylic oxidation sites excluding steroid dienone is 2. The molecule has 2 heterocycles. The first-order chi connectivity index (χ1) is 14.1. The second kappa shape index (κ2) is 8.39. The molecule has 1 saturated heterocycles. The van der Waals surface area contributed by atoms with Gasteiger partial charge in [0.05, 0.1) is 12.3 Å². The second-order valence-electron chi connectivity index (χ2n) is 7.25. The molecule has 2 aromatic rings. The number of benzene rings is 1. The predicted octanol–water partition coefficient (Wildman–Crippen LogP) is 1.59. The molecule has 10 heteroatoms. The average molecular weight is 425 g/mol. The van der Waals surface area contributed by atoms with Crippen LogP contribution < -0.4 is 5.41 Å². The average Bonchev–Trinajstić information content (AvgIpc) is 3.16. The van der Waals surface area contributed by atoms with Gasteiger partial charge in [0.1, 0.15) is 22.9 Å². The lowest BCUT2D eigenvalue weighted by Gasteiger charge is -2.34. The number of carbonyl (C=O) groups excluding carboxylic acids is 1. The molecule has 0 radical (unpaired) electrons. The summed E-state index contributed by atoms with van der Waals surface area (Å²) in [6, 6.07) is 4.70. The van der Waals surface area contributed by atoms with E-state index >= 15 is 0 Å². The number of imidazole rings is 1. The number of nitrogens with zero attached hydrogens (tertiary/aromatic N) is 2. The Hall–Kier alpha value is -3.01. The van der Waals surface area contributed by atoms with Crippen LogP contribution in [-0.4, -0.2) is 57.0 Å². The third kappa shape index (κ3) is 4.76. The zero-order chi connectivity index (χ0) is 22.1. The van der Waals surface area contributed by atoms with Crippen molar-refractivity contribution in [1.29, 1.82) is 0 Å². The van der Waals surface area contributed by atoms with Crippen LogP contribution in [0, 0.1) is 11.7 Å². The van der Waals surface area contributed by atoms with Crippen LogP contribution in [0.1, 0.15) is 35.2 Å². The second-order valence-corrected chi connectivity index (χ2v) is 7.25. The molecular formula is C20H21F4N4O2+. The molecule has 0 saturated carbocycles. The summed E-state index contributed by atoms with van der Waals surface area (Å²) in [5.74, 6) is -1.73. The summed E-state index contributed by atoms with van der Waals surface area (Å²) in [4.78, 5) is 20.2. The topological polar surface area (TPSA) is 94.8 Å². The van der Waals surface area contributed by atoms with E-state index in [9.17, 15) is 27.5 Å². The minimum atomic E-state index is -4.80. The van der Waals surface area contributed by atoms with Crippen molar-refractivity contribution in [2.24, 2.45) is 5.92 Å². The molecule has 1 fully saturated rings. The fourth-order valence-corrected chi connectivity index (χ4v) is 3.22. The van der Waals surface area contributed by atoms with E-state index in [2.05, 4.69) is 9.97 Å². The first-order valence-electron chi connectivity index (χ1n) is 9.26. The van der Waals surface area contributed by atoms with Crippen LogP contribution in [0.25, 0.3) is 5.57 Å². The van der Waals surface area contributed by atoms with Gasteiger partial charge in [-0.15, -0.1) is 0 Å². The molecule has 1 aliphatic heterocycles. The van der Waals surface area contributed by atoms with Crippen LogP contribution in [0.15, 0.2) is 36.5 Å². The van der Waals surface area contributed by atoms with Gasteiger partial charge in [-0.1, -0.05) is 6.92 Å². The number of halogens is 4. The summed E-state index contributed by atoms with van der Waals surface area (Å²) < 4.78 is 53.9. The number of aromatic amines is 1. The van der Waals surface area contributed by atoms with Gasteiger partial charge in [0.15, 0.2) is 0 Å². The van der Waals surface area contributed by atoms with E-state index in [1.807, 2.05) is 0 Å². The number of rotatable bonds is 4. The third-order valence-electron chi connectivity index (χ3n) is 4.99. The Morgan fingerprint density at radius 1 is 1.33 bits per heavy atom. The highest BCUT2D eigenvalue weighted by atomic mass is 19.4. The van der Waals surface area contributed by atoms with Gasteiger partial charge in [-0.2, -0.15) is 13.2 Å². The molecule has 0 bridgehead atoms. The Morgan fingerprint density at radius 3 is 2.60 bits per heavy atom. The van der Waals surface area contributed by atoms with Gasteiger partial charge in [0, 0.05) is 24.7 Å². The quantitative estimate of drug-likeness (QED) is 0.513. The van der Waals surface area contributed by atoms with Gasteiger partial charge >= 0.3 is 6.18 Å². The van der Waals surface area contributed by atoms with E-state index in [0.29, 0.717) is 25.6 Å². The number of nitrogens with one attached hydrogen (secondary N) is 1. The molecule has 0 spiro atoms. The maximum atomic E-state index is 13.6. The molecule has 4 N–H and O–H groups in total. The Balaban J connectivity index is 1.86. The van der Waals surface area contributed by atoms with E-state index < -0.39 is 35.4 Å². The lowest BCUT2D eigenvalue weighted by Crippen LogP contribution is -2.45. The van der Waals surface area contributed by atoms with Crippen LogP contribution >= 0.6 is 0 Å². The number of aliphatic hydroxyl groups is 1. The zero-order valence-electron chi connectivity index (χ0n) is 16.1. The smallest absolute Gasteiger partial charge is 0.393 e. The standard InChI is InChI=1S/C20H20F4N4O2/c1-11-10-28(7-6-17(11)29)19(30)16-9-26-18(27-16)14(20(22,23)24)8-15(25)12-2-4-13(21)5-3-12/h2-5,8-9,11,17,25,29H,6-7,10H2,1H3,(H,26,27)/p+1/b14-8+,25-15?. The Bertz CT molecular complexity index is 966. The van der Waals surface area contributed by atoms with Gasteiger partial charge in [-0.25, -0.2) is 9.37 Å². The molecule has 1 aromatic carbocycles. The molecule has 2 atom stereocenters. The summed E-state index contributed by atoms with van der Waals surface area (Å²) in [5.41, 5.74) is -1.28. The molecule has 160 valence electrons. The molecule has 30 heavy (non-hydrogen) atoms. The van der Waals surface area contributed by atoms with Gasteiger partial charge in [-0.3, -0.25) is 10.2 Å². The number of aromatic nitrogens is 2. The van der Waals surface area contributed by atoms with Crippen molar-refractivity contribution in [3.63, 3.8) is 0 Å². The summed E-state index contributed by atoms with van der Waals surface area (Å²) in [7, 11) is 0. The summed E-state index contributed by atoms with van der Waals surface area (Å²) in [6.45, 7) is 2.38. The van der Waals surface area contributed by atoms with Gasteiger partial charge in [0.2, 0.25) is 5.71 Å². The van der Waals surface area contributed by atoms with Crippen molar-refractivity contribution in [2.75, 3.05) is 13.1 Å². The SMILES string of the molecule is CC1CN(C(=O)c2cnc(/C(=C\C(=[NH2+])c3ccc(F)cc3)C(F)(F)F)[nH]2)CCC1O. The van der Waals surface area contributed by atoms with E-state index in [0.717, 1.165) is 18.3 Å². The Labute approximate surface area is 169 Å². The molecule has 1 aliphatic rings. The minimum absolute atomic E-state index is 0.0934. The zero-order valence-corrected chi connectivity index (χ0v) is 16.1. The number of hydrogen-bond acceptors (Lipinski definition) is 3. The first kappa shape index (κ1) is 21.7. The van der Waals surface area contributed by atoms with Crippen molar-refractivity contribution >= 4 is 17.2 Å². The minimum Gasteiger partial charge on any atom is -0.393 e. The maximum Gasteiger partial charge on any atom is 0.420 e. The highest BCUT2D eigenvalue weighted by molar-refractivity contribution is 6.08. The summed E-state index contributed by atoms with van der Waals surface area (Å²) in [6.07, 6.45) is -3.19. The van der Waals surface area contributed by atoms with Crippen molar-refractivity contribution in [3.8, 4) is 0 Å². The number of likely N-dealkylation sites (tertiary alicyclic amines) is 1. The largest absolute Gasteiger partial charge is 0.420 e. The highest BCUT2D eigenvalue weighted by Gasteiger charge is 2.38. The molecule has 3 rings (SSSR count). The van der Waals surface area contributed by atoms with Crippen molar-refractivity contribution in [3.05, 3.63) is 59.4 Å². The first-order valence-corrected chi connectivity index (χ1v) is 9.26. The monoisotopic (exact) mass is 425 g/mol. The fraction of sp³-hybridized carbons (Fsp3) is 0.350. The van der Waals surface area contributed by atoms with Crippen LogP contribution in [-0.2, 0) is 0 Å². The molecule has 0 aliphatic carbocycles. The van der Waals surface area contributed by atoms with Gasteiger partial charge in [-0.05, 0) is 36.6 Å². The van der Waals surface area contributed by atoms with Crippen LogP contribution in [0.3, 0.4) is 0 Å². The van der Waals surface area contributed by atoms with E-state index in [4.69, 9.17) is 5.41 Å². The molecular weight excluding hydrogens is 404 g/mol. The molecule has 1 amide bonds. The lowest BCUT2D eigenvalue weighted by atomic mass is 9.96. The number of piperidine rings is 1. The van der Waals surface area contributed by atoms with Crippen molar-refractivity contribution in [1.82, 2.24) is 14.9 Å². The van der Waals surface area contributed by atoms with E-state index in [1.165, 1.54) is 17.0 Å². The van der Waals surface area contributed by atoms with Crippen LogP contribution in [0.5, 0.6) is 0 Å². The van der Waals surface area contributed by atoms with E-state index in [-0.39, 0.29) is 22.9 Å². The molecule has 6 nitrogen and oxygen atoms in total. The van der Waals surface area contributed by atoms with Crippen LogP contribution in [0.2, 0.25) is 0 Å². The number of nitrogens with two attached hydrogens (primary N) is 1. The number of alkyl halides is 3. The lowest BCUT2D eigenvalue weighted by molar-refractivity contribution is -0.111. The number of aliphatic hydroxyl groups excluding tert-OH is 1. The van der Waals surface area contributed by atoms with Gasteiger partial charge < -0.3 is 15.0 Å². The van der Waals surface area contributed by atoms with Crippen molar-refractivity contribution in [2.45, 2.75) is 25.6 Å². The number of H-pyrrole nitrogens is 1. The highest BCUT2D eigenvalue weighted by Crippen LogP contribution is 2.32. The number of amides is 1. The van der Waals surface area contributed by atoms with E-state index in [1.54, 1.807) is 6.92 Å². The fourth-order valence-electron chi connectivity index (χ4n) is 3.22. The number of hydrogen-bond donors (Lipinski definition) is 3. The number of carbonyl (C=O) groups is 1. The maximum absolute atomic E-state index is 13.6. The normalized spacial score (nSPS) is 20.3. The Kier molecular flexibility index (Phi) is 6.06. The third-order valence-corrected chi connectivity index (χ3v) is 4.99. The Morgan fingerprint density at radius 2 is 2.00 bits per heavy atom. The predicted molar refractivity (Wildman–Crippen MR) is 101 cm³/mol. The van der Waals surface area contributed by atoms with Gasteiger partial charge in [0.25, 0.3) is 5.91 Å². The molecule has 1 aromatic heterocycles. The van der Waals surface area contributed by atoms with Crippen LogP contribution in [0.4, 0.5) is 17.6 Å². The van der Waals surface area contributed by atoms with Crippen molar-refractivity contribution < 1.29 is 32.9 Å². The summed E-state index contributed by atoms with van der Waals surface area (Å²) >= 11 is 0. The summed E-state index contributed by atoms with van der Waals surface area (Å²) in [5, 5.41) is 15.6. The molecule has 2 unspecified atom stereocenters.